The summed E-state index contributed by atoms with van der Waals surface area (Å²) in [5.74, 6) is -1.94. The first-order chi connectivity index (χ1) is 13.4. The van der Waals surface area contributed by atoms with Crippen LogP contribution in [0.2, 0.25) is 0 Å². The van der Waals surface area contributed by atoms with Gasteiger partial charge in [-0.25, -0.2) is 4.79 Å². The van der Waals surface area contributed by atoms with E-state index in [2.05, 4.69) is 10.6 Å². The van der Waals surface area contributed by atoms with Gasteiger partial charge in [0.15, 0.2) is 12.4 Å². The number of Topliss-reactive ketones (excluding diaryl/α,β-unsaturated/α-hetero) is 1. The average molecular weight is 380 g/mol. The van der Waals surface area contributed by atoms with E-state index in [9.17, 15) is 19.2 Å². The number of rotatable bonds is 6. The Morgan fingerprint density at radius 3 is 2.54 bits per heavy atom. The predicted molar refractivity (Wildman–Crippen MR) is 102 cm³/mol. The second-order valence-corrected chi connectivity index (χ2v) is 6.61. The molecule has 0 fully saturated rings. The second kappa shape index (κ2) is 8.04. The fourth-order valence-corrected chi connectivity index (χ4v) is 2.86. The van der Waals surface area contributed by atoms with Crippen molar-refractivity contribution < 1.29 is 23.9 Å². The van der Waals surface area contributed by atoms with Gasteiger partial charge in [0.05, 0.1) is 5.92 Å². The van der Waals surface area contributed by atoms with Gasteiger partial charge < -0.3 is 15.4 Å². The molecule has 2 aromatic rings. The summed E-state index contributed by atoms with van der Waals surface area (Å²) in [6.07, 6.45) is 0. The fourth-order valence-electron chi connectivity index (χ4n) is 2.86. The lowest BCUT2D eigenvalue weighted by Crippen LogP contribution is -2.40. The minimum Gasteiger partial charge on any atom is -0.456 e. The average Bonchev–Trinajstić information content (AvgIpc) is 2.99. The van der Waals surface area contributed by atoms with Gasteiger partial charge in [-0.05, 0) is 49.7 Å². The van der Waals surface area contributed by atoms with Gasteiger partial charge in [-0.1, -0.05) is 18.2 Å². The van der Waals surface area contributed by atoms with Crippen molar-refractivity contribution in [3.05, 3.63) is 65.2 Å². The topological polar surface area (TPSA) is 102 Å². The Kier molecular flexibility index (Phi) is 5.54. The number of carbonyl (C=O) groups is 4. The van der Waals surface area contributed by atoms with Crippen LogP contribution in [0.3, 0.4) is 0 Å². The van der Waals surface area contributed by atoms with Crippen LogP contribution >= 0.6 is 0 Å². The summed E-state index contributed by atoms with van der Waals surface area (Å²) in [4.78, 5) is 48.2. The molecule has 0 aromatic heterocycles. The summed E-state index contributed by atoms with van der Waals surface area (Å²) < 4.78 is 5.04. The molecule has 2 atom stereocenters. The molecule has 0 saturated heterocycles. The number of fused-ring (bicyclic) bond motifs is 1. The Hall–Kier alpha value is -3.48. The quantitative estimate of drug-likeness (QED) is 0.591. The first-order valence-electron chi connectivity index (χ1n) is 8.87. The molecular formula is C21H20N2O5. The largest absolute Gasteiger partial charge is 0.456 e. The number of amides is 2. The number of hydrogen-bond acceptors (Lipinski definition) is 5. The molecule has 28 heavy (non-hydrogen) atoms. The van der Waals surface area contributed by atoms with Crippen LogP contribution in [0, 0.1) is 0 Å². The van der Waals surface area contributed by atoms with Gasteiger partial charge in [0.2, 0.25) is 5.91 Å². The monoisotopic (exact) mass is 380 g/mol. The maximum absolute atomic E-state index is 12.3. The van der Waals surface area contributed by atoms with Crippen LogP contribution < -0.4 is 10.6 Å². The maximum atomic E-state index is 12.3. The van der Waals surface area contributed by atoms with Gasteiger partial charge in [-0.2, -0.15) is 0 Å². The van der Waals surface area contributed by atoms with Crippen LogP contribution in [0.4, 0.5) is 5.69 Å². The number of anilines is 1. The summed E-state index contributed by atoms with van der Waals surface area (Å²) >= 11 is 0. The van der Waals surface area contributed by atoms with Crippen LogP contribution in [0.25, 0.3) is 0 Å². The molecule has 1 aliphatic rings. The van der Waals surface area contributed by atoms with E-state index in [1.807, 2.05) is 0 Å². The van der Waals surface area contributed by atoms with E-state index in [0.29, 0.717) is 16.8 Å². The molecule has 3 rings (SSSR count). The maximum Gasteiger partial charge on any atom is 0.328 e. The number of ether oxygens (including phenoxy) is 1. The van der Waals surface area contributed by atoms with Crippen molar-refractivity contribution in [1.29, 1.82) is 0 Å². The standard InChI is InChI=1S/C21H20N2O5/c1-12-16-10-15(8-9-17(16)23-19(12)25)18(24)11-28-21(27)13(2)22-20(26)14-6-4-3-5-7-14/h3-10,12-13H,11H2,1-2H3,(H,22,26)(H,23,25)/t12-,13-/m0/s1. The third-order valence-corrected chi connectivity index (χ3v) is 4.57. The lowest BCUT2D eigenvalue weighted by Gasteiger charge is -2.13. The highest BCUT2D eigenvalue weighted by molar-refractivity contribution is 6.05. The number of nitrogens with one attached hydrogen (secondary N) is 2. The van der Waals surface area contributed by atoms with Crippen molar-refractivity contribution in [2.75, 3.05) is 11.9 Å². The molecule has 1 heterocycles. The molecule has 2 amide bonds. The minimum atomic E-state index is -0.901. The molecule has 1 aliphatic heterocycles. The van der Waals surface area contributed by atoms with E-state index in [4.69, 9.17) is 4.74 Å². The summed E-state index contributed by atoms with van der Waals surface area (Å²) in [6.45, 7) is 2.80. The number of benzene rings is 2. The van der Waals surface area contributed by atoms with Gasteiger partial charge in [-0.3, -0.25) is 14.4 Å². The molecule has 0 radical (unpaired) electrons. The Bertz CT molecular complexity index is 939. The van der Waals surface area contributed by atoms with Crippen LogP contribution in [-0.4, -0.2) is 36.2 Å². The zero-order valence-corrected chi connectivity index (χ0v) is 15.5. The van der Waals surface area contributed by atoms with Gasteiger partial charge >= 0.3 is 5.97 Å². The molecule has 0 aliphatic carbocycles. The summed E-state index contributed by atoms with van der Waals surface area (Å²) in [5, 5.41) is 5.27. The van der Waals surface area contributed by atoms with Crippen molar-refractivity contribution in [2.45, 2.75) is 25.8 Å². The summed E-state index contributed by atoms with van der Waals surface area (Å²) in [7, 11) is 0. The Morgan fingerprint density at radius 1 is 1.11 bits per heavy atom. The van der Waals surface area contributed by atoms with E-state index in [1.54, 1.807) is 55.5 Å². The third-order valence-electron chi connectivity index (χ3n) is 4.57. The van der Waals surface area contributed by atoms with Crippen molar-refractivity contribution in [3.8, 4) is 0 Å². The van der Waals surface area contributed by atoms with Gasteiger partial charge in [0.25, 0.3) is 5.91 Å². The molecule has 144 valence electrons. The minimum absolute atomic E-state index is 0.117. The lowest BCUT2D eigenvalue weighted by molar-refractivity contribution is -0.144. The molecule has 0 bridgehead atoms. The van der Waals surface area contributed by atoms with E-state index in [1.165, 1.54) is 6.92 Å². The second-order valence-electron chi connectivity index (χ2n) is 6.61. The highest BCUT2D eigenvalue weighted by Gasteiger charge is 2.27. The Morgan fingerprint density at radius 2 is 1.82 bits per heavy atom. The van der Waals surface area contributed by atoms with Crippen molar-refractivity contribution >= 4 is 29.3 Å². The zero-order chi connectivity index (χ0) is 20.3. The predicted octanol–water partition coefficient (Wildman–Crippen LogP) is 2.29. The van der Waals surface area contributed by atoms with Gasteiger partial charge in [0, 0.05) is 16.8 Å². The first-order valence-corrected chi connectivity index (χ1v) is 8.87. The molecule has 7 heteroatoms. The van der Waals surface area contributed by atoms with Crippen LogP contribution in [0.1, 0.15) is 46.0 Å². The third kappa shape index (κ3) is 4.09. The SMILES string of the molecule is C[C@H](NC(=O)c1ccccc1)C(=O)OCC(=O)c1ccc2c(c1)[C@H](C)C(=O)N2. The molecule has 7 nitrogen and oxygen atoms in total. The molecular weight excluding hydrogens is 360 g/mol. The number of ketones is 1. The van der Waals surface area contributed by atoms with Crippen LogP contribution in [0.5, 0.6) is 0 Å². The van der Waals surface area contributed by atoms with E-state index < -0.39 is 24.5 Å². The smallest absolute Gasteiger partial charge is 0.328 e. The zero-order valence-electron chi connectivity index (χ0n) is 15.5. The van der Waals surface area contributed by atoms with Crippen molar-refractivity contribution in [1.82, 2.24) is 5.32 Å². The summed E-state index contributed by atoms with van der Waals surface area (Å²) in [5.41, 5.74) is 2.21. The van der Waals surface area contributed by atoms with Crippen LogP contribution in [0.15, 0.2) is 48.5 Å². The highest BCUT2D eigenvalue weighted by Crippen LogP contribution is 2.32. The Labute approximate surface area is 162 Å². The van der Waals surface area contributed by atoms with Crippen molar-refractivity contribution in [3.63, 3.8) is 0 Å². The molecule has 2 N–H and O–H groups in total. The number of carbonyl (C=O) groups excluding carboxylic acids is 4. The highest BCUT2D eigenvalue weighted by atomic mass is 16.5. The lowest BCUT2D eigenvalue weighted by atomic mass is 9.99. The number of hydrogen-bond donors (Lipinski definition) is 2. The van der Waals surface area contributed by atoms with E-state index in [0.717, 1.165) is 5.56 Å². The molecule has 0 unspecified atom stereocenters. The number of esters is 1. The molecule has 2 aromatic carbocycles. The Balaban J connectivity index is 1.55. The molecule has 0 spiro atoms. The van der Waals surface area contributed by atoms with Crippen molar-refractivity contribution in [2.24, 2.45) is 0 Å². The van der Waals surface area contributed by atoms with Gasteiger partial charge in [0.1, 0.15) is 6.04 Å². The van der Waals surface area contributed by atoms with E-state index >= 15 is 0 Å². The fraction of sp³-hybridized carbons (Fsp3) is 0.238. The van der Waals surface area contributed by atoms with E-state index in [-0.39, 0.29) is 17.6 Å². The summed E-state index contributed by atoms with van der Waals surface area (Å²) in [6, 6.07) is 12.5. The normalized spacial score (nSPS) is 15.9. The van der Waals surface area contributed by atoms with Gasteiger partial charge in [-0.15, -0.1) is 0 Å². The van der Waals surface area contributed by atoms with Crippen LogP contribution in [-0.2, 0) is 14.3 Å². The first kappa shape index (κ1) is 19.3. The molecule has 0 saturated carbocycles.